The fourth-order valence-electron chi connectivity index (χ4n) is 3.38. The molecule has 31 heavy (non-hydrogen) atoms. The van der Waals surface area contributed by atoms with Crippen LogP contribution in [0.3, 0.4) is 0 Å². The first-order valence-corrected chi connectivity index (χ1v) is 9.90. The van der Waals surface area contributed by atoms with E-state index in [0.29, 0.717) is 17.5 Å². The molecule has 156 valence electrons. The molecule has 3 aromatic rings. The van der Waals surface area contributed by atoms with Gasteiger partial charge >= 0.3 is 5.97 Å². The van der Waals surface area contributed by atoms with Crippen LogP contribution in [0, 0.1) is 17.2 Å². The van der Waals surface area contributed by atoms with E-state index < -0.39 is 17.9 Å². The summed E-state index contributed by atoms with van der Waals surface area (Å²) >= 11 is 0. The van der Waals surface area contributed by atoms with Gasteiger partial charge in [-0.05, 0) is 60.4 Å². The summed E-state index contributed by atoms with van der Waals surface area (Å²) in [6, 6.07) is 19.7. The predicted molar refractivity (Wildman–Crippen MR) is 117 cm³/mol. The molecule has 0 bridgehead atoms. The molecule has 0 spiro atoms. The number of methoxy groups -OCH3 is 1. The van der Waals surface area contributed by atoms with Gasteiger partial charge in [-0.25, -0.2) is 0 Å². The number of carbonyl (C=O) groups excluding carboxylic acids is 2. The number of rotatable bonds is 7. The summed E-state index contributed by atoms with van der Waals surface area (Å²) in [5.74, 6) is -1.27. The Labute approximate surface area is 181 Å². The summed E-state index contributed by atoms with van der Waals surface area (Å²) in [7, 11) is 1.33. The lowest BCUT2D eigenvalue weighted by molar-refractivity contribution is -0.146. The van der Waals surface area contributed by atoms with Crippen molar-refractivity contribution in [1.29, 1.82) is 5.26 Å². The highest BCUT2D eigenvalue weighted by atomic mass is 16.5. The molecule has 0 fully saturated rings. The van der Waals surface area contributed by atoms with E-state index in [0.717, 1.165) is 16.7 Å². The van der Waals surface area contributed by atoms with Crippen LogP contribution in [0.4, 0.5) is 0 Å². The molecule has 1 aromatic heterocycles. The fraction of sp³-hybridized carbons (Fsp3) is 0.200. The second-order valence-corrected chi connectivity index (χ2v) is 7.23. The molecule has 0 aliphatic heterocycles. The second-order valence-electron chi connectivity index (χ2n) is 7.23. The van der Waals surface area contributed by atoms with Crippen molar-refractivity contribution in [2.24, 2.45) is 5.92 Å². The molecule has 0 aliphatic rings. The molecule has 6 nitrogen and oxygen atoms in total. The smallest absolute Gasteiger partial charge is 0.311 e. The first kappa shape index (κ1) is 21.7. The Balaban J connectivity index is 1.71. The maximum atomic E-state index is 12.8. The van der Waals surface area contributed by atoms with Crippen LogP contribution in [0.25, 0.3) is 11.1 Å². The summed E-state index contributed by atoms with van der Waals surface area (Å²) in [6.07, 6.45) is 3.82. The van der Waals surface area contributed by atoms with Crippen molar-refractivity contribution < 1.29 is 14.3 Å². The highest BCUT2D eigenvalue weighted by molar-refractivity contribution is 5.95. The standard InChI is InChI=1S/C25H23N3O3/c1-17(23(25(30)31-2)14-18-5-3-6-19(13-18)15-26)28-24(29)21-10-8-20(9-11-21)22-7-4-12-27-16-22/h3-13,16-17,23H,14H2,1-2H3,(H,28,29)/t17?,23-/m1/s1. The largest absolute Gasteiger partial charge is 0.469 e. The predicted octanol–water partition coefficient (Wildman–Crippen LogP) is 3.77. The highest BCUT2D eigenvalue weighted by Gasteiger charge is 2.28. The van der Waals surface area contributed by atoms with Crippen molar-refractivity contribution in [2.75, 3.05) is 7.11 Å². The molecule has 1 amide bonds. The minimum absolute atomic E-state index is 0.273. The number of hydrogen-bond acceptors (Lipinski definition) is 5. The molecule has 2 atom stereocenters. The fourth-order valence-corrected chi connectivity index (χ4v) is 3.38. The minimum Gasteiger partial charge on any atom is -0.469 e. The zero-order valence-corrected chi connectivity index (χ0v) is 17.4. The number of carbonyl (C=O) groups is 2. The molecule has 1 unspecified atom stereocenters. The van der Waals surface area contributed by atoms with E-state index >= 15 is 0 Å². The van der Waals surface area contributed by atoms with E-state index in [4.69, 9.17) is 10.00 Å². The molecule has 0 aliphatic carbocycles. The van der Waals surface area contributed by atoms with Gasteiger partial charge in [-0.2, -0.15) is 5.26 Å². The Morgan fingerprint density at radius 3 is 2.52 bits per heavy atom. The third-order valence-electron chi connectivity index (χ3n) is 5.12. The van der Waals surface area contributed by atoms with E-state index in [9.17, 15) is 9.59 Å². The van der Waals surface area contributed by atoms with Crippen LogP contribution in [-0.2, 0) is 16.0 Å². The second kappa shape index (κ2) is 10.2. The van der Waals surface area contributed by atoms with Gasteiger partial charge in [-0.15, -0.1) is 0 Å². The number of benzene rings is 2. The third-order valence-corrected chi connectivity index (χ3v) is 5.12. The molecule has 3 rings (SSSR count). The van der Waals surface area contributed by atoms with Crippen LogP contribution in [0.2, 0.25) is 0 Å². The lowest BCUT2D eigenvalue weighted by Gasteiger charge is -2.23. The summed E-state index contributed by atoms with van der Waals surface area (Å²) in [5.41, 5.74) is 3.77. The Morgan fingerprint density at radius 2 is 1.87 bits per heavy atom. The Hall–Kier alpha value is -3.98. The normalized spacial score (nSPS) is 12.3. The van der Waals surface area contributed by atoms with Gasteiger partial charge in [0.2, 0.25) is 0 Å². The molecular weight excluding hydrogens is 390 g/mol. The molecule has 0 saturated heterocycles. The van der Waals surface area contributed by atoms with Crippen LogP contribution in [0.1, 0.15) is 28.4 Å². The van der Waals surface area contributed by atoms with Gasteiger partial charge in [0.25, 0.3) is 5.91 Å². The summed E-state index contributed by atoms with van der Waals surface area (Å²) in [6.45, 7) is 1.78. The number of aromatic nitrogens is 1. The molecule has 0 saturated carbocycles. The summed E-state index contributed by atoms with van der Waals surface area (Å²) in [5, 5.41) is 12.0. The average Bonchev–Trinajstić information content (AvgIpc) is 2.82. The first-order valence-electron chi connectivity index (χ1n) is 9.90. The lowest BCUT2D eigenvalue weighted by Crippen LogP contribution is -2.42. The number of ether oxygens (including phenoxy) is 1. The van der Waals surface area contributed by atoms with Crippen molar-refractivity contribution in [3.05, 3.63) is 89.7 Å². The summed E-state index contributed by atoms with van der Waals surface area (Å²) in [4.78, 5) is 29.2. The van der Waals surface area contributed by atoms with Gasteiger partial charge in [0, 0.05) is 24.0 Å². The van der Waals surface area contributed by atoms with Crippen LogP contribution in [0.15, 0.2) is 73.1 Å². The Kier molecular flexibility index (Phi) is 7.13. The van der Waals surface area contributed by atoms with Crippen LogP contribution in [-0.4, -0.2) is 30.0 Å². The zero-order valence-electron chi connectivity index (χ0n) is 17.4. The van der Waals surface area contributed by atoms with Crippen LogP contribution >= 0.6 is 0 Å². The average molecular weight is 413 g/mol. The van der Waals surface area contributed by atoms with Crippen molar-refractivity contribution >= 4 is 11.9 Å². The maximum Gasteiger partial charge on any atom is 0.311 e. The van der Waals surface area contributed by atoms with Gasteiger partial charge in [0.05, 0.1) is 24.7 Å². The van der Waals surface area contributed by atoms with E-state index in [1.807, 2.05) is 30.3 Å². The number of pyridine rings is 1. The molecule has 1 heterocycles. The molecule has 2 aromatic carbocycles. The van der Waals surface area contributed by atoms with Crippen molar-refractivity contribution in [3.63, 3.8) is 0 Å². The quantitative estimate of drug-likeness (QED) is 0.595. The Bertz CT molecular complexity index is 1090. The number of nitriles is 1. The minimum atomic E-state index is -0.586. The number of nitrogens with one attached hydrogen (secondary N) is 1. The van der Waals surface area contributed by atoms with Crippen LogP contribution in [0.5, 0.6) is 0 Å². The van der Waals surface area contributed by atoms with Gasteiger partial charge in [-0.3, -0.25) is 14.6 Å². The maximum absolute atomic E-state index is 12.8. The molecule has 1 N–H and O–H groups in total. The van der Waals surface area contributed by atoms with Crippen molar-refractivity contribution in [3.8, 4) is 17.2 Å². The van der Waals surface area contributed by atoms with E-state index in [-0.39, 0.29) is 5.91 Å². The van der Waals surface area contributed by atoms with Gasteiger partial charge < -0.3 is 10.1 Å². The highest BCUT2D eigenvalue weighted by Crippen LogP contribution is 2.19. The Morgan fingerprint density at radius 1 is 1.10 bits per heavy atom. The molecule has 6 heteroatoms. The number of hydrogen-bond donors (Lipinski definition) is 1. The zero-order chi connectivity index (χ0) is 22.2. The monoisotopic (exact) mass is 413 g/mol. The van der Waals surface area contributed by atoms with Crippen molar-refractivity contribution in [1.82, 2.24) is 10.3 Å². The number of amides is 1. The lowest BCUT2D eigenvalue weighted by atomic mass is 9.92. The van der Waals surface area contributed by atoms with Crippen LogP contribution < -0.4 is 5.32 Å². The SMILES string of the molecule is COC(=O)[C@H](Cc1cccc(C#N)c1)C(C)NC(=O)c1ccc(-c2cccnc2)cc1. The van der Waals surface area contributed by atoms with Gasteiger partial charge in [0.1, 0.15) is 0 Å². The molecular formula is C25H23N3O3. The van der Waals surface area contributed by atoms with E-state index in [2.05, 4.69) is 16.4 Å². The first-order chi connectivity index (χ1) is 15.0. The topological polar surface area (TPSA) is 92.1 Å². The third kappa shape index (κ3) is 5.55. The summed E-state index contributed by atoms with van der Waals surface area (Å²) < 4.78 is 4.95. The number of nitrogens with zero attached hydrogens (tertiary/aromatic N) is 2. The van der Waals surface area contributed by atoms with E-state index in [1.54, 1.807) is 49.6 Å². The van der Waals surface area contributed by atoms with Gasteiger partial charge in [-0.1, -0.05) is 30.3 Å². The van der Waals surface area contributed by atoms with Crippen molar-refractivity contribution in [2.45, 2.75) is 19.4 Å². The molecule has 0 radical (unpaired) electrons. The van der Waals surface area contributed by atoms with E-state index in [1.165, 1.54) is 7.11 Å². The number of esters is 1. The van der Waals surface area contributed by atoms with Gasteiger partial charge in [0.15, 0.2) is 0 Å².